The number of rotatable bonds is 7. The van der Waals surface area contributed by atoms with Gasteiger partial charge < -0.3 is 5.11 Å². The van der Waals surface area contributed by atoms with Crippen molar-refractivity contribution in [3.63, 3.8) is 0 Å². The highest BCUT2D eigenvalue weighted by Crippen LogP contribution is 2.22. The highest BCUT2D eigenvalue weighted by atomic mass is 16.3. The second-order valence-corrected chi connectivity index (χ2v) is 4.15. The minimum absolute atomic E-state index is 0.185. The van der Waals surface area contributed by atoms with Crippen molar-refractivity contribution in [2.24, 2.45) is 0 Å². The molecule has 1 heterocycles. The molecule has 0 aromatic carbocycles. The standard InChI is InChI=1S/C15H21NO/c1-4-7-10-13(8-5-2)15(9-6-3)16-11-14(17)12-16/h4-8,10,14-15,17H,1-3,9,11-12H2/b10-7-,13-8+. The number of aliphatic hydroxyl groups is 1. The van der Waals surface area contributed by atoms with Gasteiger partial charge in [-0.3, -0.25) is 4.90 Å². The van der Waals surface area contributed by atoms with E-state index in [1.165, 1.54) is 5.57 Å². The van der Waals surface area contributed by atoms with E-state index in [9.17, 15) is 5.11 Å². The second kappa shape index (κ2) is 7.05. The van der Waals surface area contributed by atoms with Crippen LogP contribution < -0.4 is 0 Å². The number of hydrogen-bond donors (Lipinski definition) is 1. The Kier molecular flexibility index (Phi) is 5.67. The summed E-state index contributed by atoms with van der Waals surface area (Å²) in [5.74, 6) is 0. The van der Waals surface area contributed by atoms with Gasteiger partial charge >= 0.3 is 0 Å². The van der Waals surface area contributed by atoms with Crippen LogP contribution in [0.25, 0.3) is 0 Å². The molecule has 1 unspecified atom stereocenters. The van der Waals surface area contributed by atoms with E-state index in [4.69, 9.17) is 0 Å². The number of nitrogens with zero attached hydrogens (tertiary/aromatic N) is 1. The Morgan fingerprint density at radius 1 is 1.29 bits per heavy atom. The van der Waals surface area contributed by atoms with Crippen molar-refractivity contribution in [3.05, 3.63) is 61.8 Å². The predicted octanol–water partition coefficient (Wildman–Crippen LogP) is 2.46. The van der Waals surface area contributed by atoms with Crippen molar-refractivity contribution in [2.75, 3.05) is 13.1 Å². The zero-order valence-electron chi connectivity index (χ0n) is 10.3. The molecule has 0 aromatic rings. The fourth-order valence-corrected chi connectivity index (χ4v) is 1.99. The van der Waals surface area contributed by atoms with Crippen LogP contribution >= 0.6 is 0 Å². The molecular formula is C15H21NO. The summed E-state index contributed by atoms with van der Waals surface area (Å²) >= 11 is 0. The molecule has 1 aliphatic rings. The molecule has 0 radical (unpaired) electrons. The summed E-state index contributed by atoms with van der Waals surface area (Å²) in [4.78, 5) is 2.25. The summed E-state index contributed by atoms with van der Waals surface area (Å²) in [7, 11) is 0. The third kappa shape index (κ3) is 3.84. The molecule has 0 spiro atoms. The minimum Gasteiger partial charge on any atom is -0.390 e. The van der Waals surface area contributed by atoms with Crippen molar-refractivity contribution >= 4 is 0 Å². The molecule has 0 bridgehead atoms. The topological polar surface area (TPSA) is 23.5 Å². The van der Waals surface area contributed by atoms with Gasteiger partial charge in [-0.05, 0) is 12.0 Å². The zero-order valence-corrected chi connectivity index (χ0v) is 10.3. The van der Waals surface area contributed by atoms with Gasteiger partial charge in [0.15, 0.2) is 0 Å². The number of β-amino-alcohol motifs (C(OH)–C–C–N with tert-alkyl or cyclic N) is 1. The summed E-state index contributed by atoms with van der Waals surface area (Å²) in [5.41, 5.74) is 1.17. The predicted molar refractivity (Wildman–Crippen MR) is 73.8 cm³/mol. The third-order valence-electron chi connectivity index (χ3n) is 2.84. The lowest BCUT2D eigenvalue weighted by molar-refractivity contribution is -0.0148. The number of likely N-dealkylation sites (tertiary alicyclic amines) is 1. The molecule has 0 aliphatic carbocycles. The van der Waals surface area contributed by atoms with E-state index < -0.39 is 0 Å². The maximum Gasteiger partial charge on any atom is 0.0794 e. The van der Waals surface area contributed by atoms with Crippen LogP contribution in [0.3, 0.4) is 0 Å². The van der Waals surface area contributed by atoms with Crippen molar-refractivity contribution < 1.29 is 5.11 Å². The number of aliphatic hydroxyl groups excluding tert-OH is 1. The SMILES string of the molecule is C=C/C=C\C(=C/C=C)C(CC=C)N1CC(O)C1. The molecule has 1 rings (SSSR count). The maximum atomic E-state index is 9.38. The molecule has 1 fully saturated rings. The average molecular weight is 231 g/mol. The largest absolute Gasteiger partial charge is 0.390 e. The fraction of sp³-hybridized carbons (Fsp3) is 0.333. The van der Waals surface area contributed by atoms with Crippen LogP contribution in [0.15, 0.2) is 61.8 Å². The first kappa shape index (κ1) is 13.7. The molecule has 0 aromatic heterocycles. The van der Waals surface area contributed by atoms with Crippen LogP contribution in [0.1, 0.15) is 6.42 Å². The van der Waals surface area contributed by atoms with E-state index in [1.54, 1.807) is 12.2 Å². The highest BCUT2D eigenvalue weighted by Gasteiger charge is 2.31. The van der Waals surface area contributed by atoms with Gasteiger partial charge in [0, 0.05) is 19.1 Å². The fourth-order valence-electron chi connectivity index (χ4n) is 1.99. The van der Waals surface area contributed by atoms with Crippen molar-refractivity contribution in [2.45, 2.75) is 18.6 Å². The average Bonchev–Trinajstić information content (AvgIpc) is 2.28. The molecule has 1 saturated heterocycles. The summed E-state index contributed by atoms with van der Waals surface area (Å²) in [5, 5.41) is 9.38. The van der Waals surface area contributed by atoms with E-state index in [-0.39, 0.29) is 12.1 Å². The van der Waals surface area contributed by atoms with E-state index in [0.29, 0.717) is 0 Å². The van der Waals surface area contributed by atoms with Crippen LogP contribution in [0.5, 0.6) is 0 Å². The normalized spacial score (nSPS) is 19.9. The Hall–Kier alpha value is -1.38. The summed E-state index contributed by atoms with van der Waals surface area (Å²) in [6.07, 6.45) is 12.1. The minimum atomic E-state index is -0.185. The number of allylic oxidation sites excluding steroid dienone is 4. The van der Waals surface area contributed by atoms with Gasteiger partial charge in [-0.1, -0.05) is 49.6 Å². The molecular weight excluding hydrogens is 210 g/mol. The molecule has 17 heavy (non-hydrogen) atoms. The van der Waals surface area contributed by atoms with Gasteiger partial charge in [-0.25, -0.2) is 0 Å². The molecule has 0 saturated carbocycles. The molecule has 92 valence electrons. The van der Waals surface area contributed by atoms with E-state index >= 15 is 0 Å². The maximum absolute atomic E-state index is 9.38. The molecule has 0 amide bonds. The Labute approximate surface area is 104 Å². The smallest absolute Gasteiger partial charge is 0.0794 e. The Morgan fingerprint density at radius 3 is 2.47 bits per heavy atom. The van der Waals surface area contributed by atoms with Gasteiger partial charge in [-0.2, -0.15) is 0 Å². The van der Waals surface area contributed by atoms with Gasteiger partial charge in [0.2, 0.25) is 0 Å². The molecule has 1 atom stereocenters. The molecule has 1 aliphatic heterocycles. The van der Waals surface area contributed by atoms with Gasteiger partial charge in [-0.15, -0.1) is 6.58 Å². The Balaban J connectivity index is 2.80. The number of hydrogen-bond acceptors (Lipinski definition) is 2. The van der Waals surface area contributed by atoms with Crippen molar-refractivity contribution in [1.29, 1.82) is 0 Å². The molecule has 2 nitrogen and oxygen atoms in total. The first-order chi connectivity index (χ1) is 8.22. The monoisotopic (exact) mass is 231 g/mol. The second-order valence-electron chi connectivity index (χ2n) is 4.15. The van der Waals surface area contributed by atoms with Crippen LogP contribution in [0.2, 0.25) is 0 Å². The lowest BCUT2D eigenvalue weighted by Crippen LogP contribution is -2.55. The van der Waals surface area contributed by atoms with E-state index in [0.717, 1.165) is 19.5 Å². The Bertz CT molecular complexity index is 335. The lowest BCUT2D eigenvalue weighted by atomic mass is 9.96. The first-order valence-electron chi connectivity index (χ1n) is 5.87. The van der Waals surface area contributed by atoms with Gasteiger partial charge in [0.25, 0.3) is 0 Å². The molecule has 2 heteroatoms. The Morgan fingerprint density at radius 2 is 2.00 bits per heavy atom. The zero-order chi connectivity index (χ0) is 12.7. The van der Waals surface area contributed by atoms with Crippen molar-refractivity contribution in [3.8, 4) is 0 Å². The lowest BCUT2D eigenvalue weighted by Gasteiger charge is -2.42. The highest BCUT2D eigenvalue weighted by molar-refractivity contribution is 5.31. The van der Waals surface area contributed by atoms with Crippen LogP contribution in [-0.4, -0.2) is 35.2 Å². The van der Waals surface area contributed by atoms with Crippen LogP contribution in [-0.2, 0) is 0 Å². The summed E-state index contributed by atoms with van der Waals surface area (Å²) in [6, 6.07) is 0.269. The van der Waals surface area contributed by atoms with Gasteiger partial charge in [0.1, 0.15) is 0 Å². The summed E-state index contributed by atoms with van der Waals surface area (Å²) < 4.78 is 0. The van der Waals surface area contributed by atoms with E-state index in [2.05, 4.69) is 24.6 Å². The summed E-state index contributed by atoms with van der Waals surface area (Å²) in [6.45, 7) is 12.7. The quantitative estimate of drug-likeness (QED) is 0.537. The van der Waals surface area contributed by atoms with Crippen LogP contribution in [0, 0.1) is 0 Å². The first-order valence-corrected chi connectivity index (χ1v) is 5.87. The van der Waals surface area contributed by atoms with Gasteiger partial charge in [0.05, 0.1) is 6.10 Å². The van der Waals surface area contributed by atoms with Crippen LogP contribution in [0.4, 0.5) is 0 Å². The molecule has 1 N–H and O–H groups in total. The third-order valence-corrected chi connectivity index (χ3v) is 2.84. The van der Waals surface area contributed by atoms with E-state index in [1.807, 2.05) is 24.3 Å². The van der Waals surface area contributed by atoms with Crippen molar-refractivity contribution in [1.82, 2.24) is 4.90 Å².